The van der Waals surface area contributed by atoms with Gasteiger partial charge in [-0.1, -0.05) is 0 Å². The molecule has 0 spiro atoms. The minimum absolute atomic E-state index is 0.0890. The number of aromatic amines is 1. The van der Waals surface area contributed by atoms with Crippen LogP contribution < -0.4 is 0 Å². The molecule has 0 fully saturated rings. The number of imidazole rings is 2. The molecule has 0 aliphatic rings. The molecule has 0 amide bonds. The topological polar surface area (TPSA) is 150 Å². The lowest BCUT2D eigenvalue weighted by molar-refractivity contribution is 0.273. The molecule has 228 valence electrons. The first-order valence-corrected chi connectivity index (χ1v) is 15.2. The van der Waals surface area contributed by atoms with Crippen LogP contribution in [0.2, 0.25) is 0 Å². The smallest absolute Gasteiger partial charge is 0.158 e. The molecule has 0 bridgehead atoms. The van der Waals surface area contributed by atoms with E-state index in [9.17, 15) is 13.9 Å². The molecule has 2 aromatic carbocycles. The largest absolute Gasteiger partial charge is 0.390 e. The van der Waals surface area contributed by atoms with Gasteiger partial charge in [-0.3, -0.25) is 0 Å². The van der Waals surface area contributed by atoms with Crippen molar-refractivity contribution in [3.8, 4) is 23.5 Å². The first-order chi connectivity index (χ1) is 21.6. The molecule has 45 heavy (non-hydrogen) atoms. The number of aliphatic hydroxyl groups is 1. The minimum atomic E-state index is -0.275. The van der Waals surface area contributed by atoms with Crippen LogP contribution in [-0.2, 0) is 13.2 Å². The van der Waals surface area contributed by atoms with Crippen molar-refractivity contribution in [1.29, 1.82) is 10.5 Å². The van der Waals surface area contributed by atoms with Crippen LogP contribution in [0, 0.1) is 55.3 Å². The van der Waals surface area contributed by atoms with E-state index < -0.39 is 0 Å². The molecule has 4 heterocycles. The Hall–Kier alpha value is -4.46. The van der Waals surface area contributed by atoms with Gasteiger partial charge in [0.05, 0.1) is 66.2 Å². The zero-order valence-corrected chi connectivity index (χ0v) is 28.1. The summed E-state index contributed by atoms with van der Waals surface area (Å²) in [6.07, 6.45) is 6.24. The summed E-state index contributed by atoms with van der Waals surface area (Å²) in [6.45, 7) is 4.20. The number of nitriles is 2. The number of aryl methyl sites for hydroxylation is 2. The predicted octanol–water partition coefficient (Wildman–Crippen LogP) is 5.74. The van der Waals surface area contributed by atoms with E-state index in [0.717, 1.165) is 35.6 Å². The van der Waals surface area contributed by atoms with Gasteiger partial charge < -0.3 is 14.7 Å². The molecule has 4 aromatic heterocycles. The lowest BCUT2D eigenvalue weighted by atomic mass is 10.3. The summed E-state index contributed by atoms with van der Waals surface area (Å²) in [5, 5.41) is 34.9. The van der Waals surface area contributed by atoms with Crippen LogP contribution >= 0.6 is 45.2 Å². The maximum absolute atomic E-state index is 13.3. The van der Waals surface area contributed by atoms with Gasteiger partial charge in [-0.25, -0.2) is 28.1 Å². The first-order valence-electron chi connectivity index (χ1n) is 13.0. The predicted molar refractivity (Wildman–Crippen MR) is 177 cm³/mol. The monoisotopic (exact) mass is 832 g/mol. The highest BCUT2D eigenvalue weighted by molar-refractivity contribution is 14.1. The second-order valence-corrected chi connectivity index (χ2v) is 11.7. The Bertz CT molecular complexity index is 1980. The lowest BCUT2D eigenvalue weighted by Gasteiger charge is -2.10. The molecule has 0 saturated heterocycles. The van der Waals surface area contributed by atoms with Crippen molar-refractivity contribution in [2.24, 2.45) is 0 Å². The van der Waals surface area contributed by atoms with Crippen LogP contribution in [0.3, 0.4) is 0 Å². The molecule has 0 aliphatic heterocycles. The van der Waals surface area contributed by atoms with Gasteiger partial charge in [0.2, 0.25) is 0 Å². The van der Waals surface area contributed by atoms with Gasteiger partial charge in [0.25, 0.3) is 0 Å². The number of H-pyrrole nitrogens is 1. The van der Waals surface area contributed by atoms with Crippen molar-refractivity contribution in [2.45, 2.75) is 27.0 Å². The van der Waals surface area contributed by atoms with Gasteiger partial charge in [0.15, 0.2) is 5.69 Å². The number of aromatic nitrogens is 8. The molecule has 0 aliphatic carbocycles. The second-order valence-electron chi connectivity index (χ2n) is 9.35. The number of nitrogens with zero attached hydrogens (tertiary/aromatic N) is 9. The van der Waals surface area contributed by atoms with E-state index in [4.69, 9.17) is 10.5 Å². The van der Waals surface area contributed by atoms with Gasteiger partial charge >= 0.3 is 0 Å². The highest BCUT2D eigenvalue weighted by atomic mass is 127. The number of hydrogen-bond acceptors (Lipinski definition) is 7. The quantitative estimate of drug-likeness (QED) is 0.211. The Morgan fingerprint density at radius 3 is 1.89 bits per heavy atom. The number of rotatable bonds is 5. The van der Waals surface area contributed by atoms with E-state index in [2.05, 4.69) is 47.7 Å². The third kappa shape index (κ3) is 8.81. The van der Waals surface area contributed by atoms with E-state index in [0.29, 0.717) is 23.6 Å². The number of aliphatic hydroxyl groups excluding tert-OH is 1. The van der Waals surface area contributed by atoms with E-state index >= 15 is 0 Å². The molecule has 11 nitrogen and oxygen atoms in total. The van der Waals surface area contributed by atoms with Crippen LogP contribution in [-0.4, -0.2) is 44.2 Å². The summed E-state index contributed by atoms with van der Waals surface area (Å²) >= 11 is 4.14. The zero-order valence-electron chi connectivity index (χ0n) is 23.8. The van der Waals surface area contributed by atoms with Crippen molar-refractivity contribution in [1.82, 2.24) is 39.1 Å². The van der Waals surface area contributed by atoms with Crippen molar-refractivity contribution in [2.75, 3.05) is 0 Å². The molecule has 6 aromatic rings. The maximum Gasteiger partial charge on any atom is 0.158 e. The third-order valence-electron chi connectivity index (χ3n) is 5.96. The second kappa shape index (κ2) is 15.5. The highest BCUT2D eigenvalue weighted by Crippen LogP contribution is 2.22. The van der Waals surface area contributed by atoms with E-state index in [-0.39, 0.29) is 18.2 Å². The highest BCUT2D eigenvalue weighted by Gasteiger charge is 2.13. The van der Waals surface area contributed by atoms with Crippen LogP contribution in [0.5, 0.6) is 0 Å². The molecule has 0 radical (unpaired) electrons. The van der Waals surface area contributed by atoms with Gasteiger partial charge in [0.1, 0.15) is 29.5 Å². The molecule has 0 unspecified atom stereocenters. The van der Waals surface area contributed by atoms with E-state index in [1.807, 2.05) is 59.2 Å². The SMILES string of the molecule is Cc1cc(CO)n(-c2ccc(F)cc2I)n1.Cc1cc(Cn2cnc(C#N)c2)n(-c2ccc(F)cc2I)n1.N#Cc1cnc[nH]1. The molecule has 15 heteroatoms. The zero-order chi connectivity index (χ0) is 32.5. The van der Waals surface area contributed by atoms with Gasteiger partial charge in [0, 0.05) is 13.3 Å². The van der Waals surface area contributed by atoms with Crippen LogP contribution in [0.25, 0.3) is 11.4 Å². The molecular weight excluding hydrogens is 808 g/mol. The number of halogens is 4. The fourth-order valence-electron chi connectivity index (χ4n) is 4.06. The van der Waals surface area contributed by atoms with Crippen LogP contribution in [0.1, 0.15) is 34.2 Å². The van der Waals surface area contributed by atoms with E-state index in [1.54, 1.807) is 40.1 Å². The van der Waals surface area contributed by atoms with Gasteiger partial charge in [-0.05, 0) is 108 Å². The average Bonchev–Trinajstić information content (AvgIpc) is 3.82. The Kier molecular flexibility index (Phi) is 11.5. The van der Waals surface area contributed by atoms with Crippen molar-refractivity contribution >= 4 is 45.2 Å². The van der Waals surface area contributed by atoms with Crippen LogP contribution in [0.4, 0.5) is 8.78 Å². The molecular formula is C30H24F2I2N10O. The summed E-state index contributed by atoms with van der Waals surface area (Å²) in [6, 6.07) is 16.7. The van der Waals surface area contributed by atoms with Crippen molar-refractivity contribution in [3.05, 3.63) is 127 Å². The standard InChI is InChI=1S/C15H11FIN5.C11H10FIN2O.C4H3N3/c1-10-4-13(8-21-7-12(6-18)19-9-21)22(20-10)15-3-2-11(16)5-14(15)17;1-7-4-9(6-16)15(14-7)11-3-2-8(12)5-10(11)13;5-1-4-2-6-3-7-4/h2-5,7,9H,8H2,1H3;2-5,16H,6H2,1H3;2-3H,(H,6,7). The summed E-state index contributed by atoms with van der Waals surface area (Å²) in [5.41, 5.74) is 5.80. The summed E-state index contributed by atoms with van der Waals surface area (Å²) in [4.78, 5) is 10.2. The minimum Gasteiger partial charge on any atom is -0.390 e. The number of nitrogens with one attached hydrogen (secondary N) is 1. The summed E-state index contributed by atoms with van der Waals surface area (Å²) < 4.78 is 33.0. The molecule has 2 N–H and O–H groups in total. The fourth-order valence-corrected chi connectivity index (χ4v) is 5.47. The Balaban J connectivity index is 0.000000174. The Morgan fingerprint density at radius 2 is 1.44 bits per heavy atom. The van der Waals surface area contributed by atoms with E-state index in [1.165, 1.54) is 36.8 Å². The third-order valence-corrected chi connectivity index (χ3v) is 7.69. The van der Waals surface area contributed by atoms with Gasteiger partial charge in [-0.15, -0.1) is 0 Å². The first kappa shape index (κ1) is 33.4. The molecule has 6 rings (SSSR count). The normalized spacial score (nSPS) is 10.2. The summed E-state index contributed by atoms with van der Waals surface area (Å²) in [7, 11) is 0. The maximum atomic E-state index is 13.3. The van der Waals surface area contributed by atoms with Crippen LogP contribution in [0.15, 0.2) is 73.6 Å². The van der Waals surface area contributed by atoms with Gasteiger partial charge in [-0.2, -0.15) is 20.7 Å². The Labute approximate surface area is 284 Å². The van der Waals surface area contributed by atoms with Crippen molar-refractivity contribution < 1.29 is 13.9 Å². The molecule has 0 atom stereocenters. The number of benzene rings is 2. The summed E-state index contributed by atoms with van der Waals surface area (Å²) in [5.74, 6) is -0.547. The Morgan fingerprint density at radius 1 is 0.867 bits per heavy atom. The average molecular weight is 832 g/mol. The van der Waals surface area contributed by atoms with Crippen molar-refractivity contribution in [3.63, 3.8) is 0 Å². The fraction of sp³-hybridized carbons (Fsp3) is 0.133. The lowest BCUT2D eigenvalue weighted by Crippen LogP contribution is -2.08. The number of hydrogen-bond donors (Lipinski definition) is 2. The molecule has 0 saturated carbocycles.